The number of carboxylic acids is 1. The zero-order chi connectivity index (χ0) is 14.5. The lowest BCUT2D eigenvalue weighted by atomic mass is 10.1. The van der Waals surface area contributed by atoms with E-state index in [0.717, 1.165) is 6.42 Å². The Morgan fingerprint density at radius 1 is 1.32 bits per heavy atom. The molecule has 1 rings (SSSR count). The zero-order valence-corrected chi connectivity index (χ0v) is 11.9. The third-order valence-electron chi connectivity index (χ3n) is 2.80. The Morgan fingerprint density at radius 2 is 2.00 bits per heavy atom. The molecule has 2 atom stereocenters. The smallest absolute Gasteiger partial charge is 0.332 e. The van der Waals surface area contributed by atoms with Crippen LogP contribution in [0.2, 0.25) is 0 Å². The van der Waals surface area contributed by atoms with Crippen molar-refractivity contribution < 1.29 is 19.4 Å². The number of carbonyl (C=O) groups excluding carboxylic acids is 1. The molecular weight excluding hydrogens is 248 g/mol. The highest BCUT2D eigenvalue weighted by atomic mass is 16.5. The van der Waals surface area contributed by atoms with Gasteiger partial charge in [0.05, 0.1) is 6.10 Å². The maximum Gasteiger partial charge on any atom is 0.332 e. The van der Waals surface area contributed by atoms with E-state index < -0.39 is 12.1 Å². The minimum Gasteiger partial charge on any atom is -0.479 e. The number of hydrogen-bond donors (Lipinski definition) is 3. The van der Waals surface area contributed by atoms with Crippen LogP contribution in [0.3, 0.4) is 0 Å². The topological polar surface area (TPSA) is 87.7 Å². The molecule has 1 aliphatic heterocycles. The van der Waals surface area contributed by atoms with Crippen LogP contribution < -0.4 is 10.6 Å². The Labute approximate surface area is 113 Å². The summed E-state index contributed by atoms with van der Waals surface area (Å²) in [5.74, 6) is -0.886. The fourth-order valence-corrected chi connectivity index (χ4v) is 1.98. The van der Waals surface area contributed by atoms with Gasteiger partial charge in [0, 0.05) is 25.0 Å². The summed E-state index contributed by atoms with van der Waals surface area (Å²) in [5.41, 5.74) is -0.208. The van der Waals surface area contributed by atoms with Gasteiger partial charge in [-0.1, -0.05) is 0 Å². The highest BCUT2D eigenvalue weighted by molar-refractivity contribution is 5.76. The highest BCUT2D eigenvalue weighted by Gasteiger charge is 2.29. The number of carboxylic acid groups (broad SMARTS) is 1. The highest BCUT2D eigenvalue weighted by Crippen LogP contribution is 2.19. The lowest BCUT2D eigenvalue weighted by molar-refractivity contribution is -0.149. The minimum absolute atomic E-state index is 0.00996. The van der Waals surface area contributed by atoms with E-state index in [2.05, 4.69) is 10.6 Å². The van der Waals surface area contributed by atoms with Crippen LogP contribution in [0.15, 0.2) is 0 Å². The zero-order valence-electron chi connectivity index (χ0n) is 11.9. The summed E-state index contributed by atoms with van der Waals surface area (Å²) in [5, 5.41) is 14.8. The van der Waals surface area contributed by atoms with Crippen molar-refractivity contribution in [2.24, 2.45) is 0 Å². The Balaban J connectivity index is 2.09. The first-order valence-corrected chi connectivity index (χ1v) is 6.68. The first kappa shape index (κ1) is 15.9. The molecule has 6 heteroatoms. The first-order chi connectivity index (χ1) is 8.78. The fraction of sp³-hybridized carbons (Fsp3) is 0.846. The summed E-state index contributed by atoms with van der Waals surface area (Å²) in [4.78, 5) is 22.2. The molecule has 1 saturated heterocycles. The van der Waals surface area contributed by atoms with E-state index in [4.69, 9.17) is 9.84 Å². The maximum absolute atomic E-state index is 11.5. The Hall–Kier alpha value is -1.14. The van der Waals surface area contributed by atoms with Crippen LogP contribution in [-0.2, 0) is 14.3 Å². The average Bonchev–Trinajstić information content (AvgIpc) is 2.70. The third-order valence-corrected chi connectivity index (χ3v) is 2.80. The normalized spacial score (nSPS) is 23.3. The maximum atomic E-state index is 11.5. The molecule has 0 spiro atoms. The molecule has 0 saturated carbocycles. The predicted molar refractivity (Wildman–Crippen MR) is 70.9 cm³/mol. The van der Waals surface area contributed by atoms with Crippen molar-refractivity contribution >= 4 is 11.9 Å². The van der Waals surface area contributed by atoms with E-state index in [1.807, 2.05) is 20.8 Å². The second kappa shape index (κ2) is 6.86. The molecule has 6 nitrogen and oxygen atoms in total. The van der Waals surface area contributed by atoms with Gasteiger partial charge in [-0.15, -0.1) is 0 Å². The summed E-state index contributed by atoms with van der Waals surface area (Å²) < 4.78 is 5.35. The monoisotopic (exact) mass is 272 g/mol. The fourth-order valence-electron chi connectivity index (χ4n) is 1.98. The van der Waals surface area contributed by atoms with E-state index >= 15 is 0 Å². The molecular formula is C13H24N2O4. The second-order valence-electron chi connectivity index (χ2n) is 5.91. The molecule has 110 valence electrons. The van der Waals surface area contributed by atoms with E-state index in [1.54, 1.807) is 0 Å². The van der Waals surface area contributed by atoms with Crippen LogP contribution in [0, 0.1) is 0 Å². The van der Waals surface area contributed by atoms with Gasteiger partial charge in [0.1, 0.15) is 0 Å². The molecule has 0 aromatic rings. The summed E-state index contributed by atoms with van der Waals surface area (Å²) in [6.07, 6.45) is 0.985. The molecule has 1 amide bonds. The number of nitrogens with one attached hydrogen (secondary N) is 2. The van der Waals surface area contributed by atoms with Gasteiger partial charge in [-0.05, 0) is 33.6 Å². The molecule has 0 aromatic heterocycles. The predicted octanol–water partition coefficient (Wildman–Crippen LogP) is 0.513. The van der Waals surface area contributed by atoms with Gasteiger partial charge in [-0.2, -0.15) is 0 Å². The third kappa shape index (κ3) is 6.54. The van der Waals surface area contributed by atoms with Crippen LogP contribution in [0.25, 0.3) is 0 Å². The molecule has 1 fully saturated rings. The van der Waals surface area contributed by atoms with Crippen molar-refractivity contribution in [2.75, 3.05) is 13.1 Å². The Bertz CT molecular complexity index is 325. The van der Waals surface area contributed by atoms with Gasteiger partial charge in [-0.25, -0.2) is 4.79 Å². The lowest BCUT2D eigenvalue weighted by Gasteiger charge is -2.20. The number of aliphatic carboxylic acids is 1. The number of carbonyl (C=O) groups is 2. The quantitative estimate of drug-likeness (QED) is 0.613. The number of ether oxygens (including phenoxy) is 1. The van der Waals surface area contributed by atoms with Crippen molar-refractivity contribution in [3.8, 4) is 0 Å². The van der Waals surface area contributed by atoms with Gasteiger partial charge in [-0.3, -0.25) is 4.79 Å². The molecule has 0 aromatic carbocycles. The van der Waals surface area contributed by atoms with Crippen LogP contribution in [0.5, 0.6) is 0 Å². The minimum atomic E-state index is -0.896. The van der Waals surface area contributed by atoms with Gasteiger partial charge in [0.2, 0.25) is 5.91 Å². The molecule has 19 heavy (non-hydrogen) atoms. The van der Waals surface area contributed by atoms with E-state index in [-0.39, 0.29) is 17.6 Å². The van der Waals surface area contributed by atoms with E-state index in [0.29, 0.717) is 25.9 Å². The van der Waals surface area contributed by atoms with E-state index in [1.165, 1.54) is 0 Å². The number of rotatable bonds is 6. The van der Waals surface area contributed by atoms with Crippen molar-refractivity contribution in [1.82, 2.24) is 10.6 Å². The van der Waals surface area contributed by atoms with Crippen molar-refractivity contribution in [1.29, 1.82) is 0 Å². The molecule has 0 radical (unpaired) electrons. The second-order valence-corrected chi connectivity index (χ2v) is 5.91. The Kier molecular flexibility index (Phi) is 5.75. The summed E-state index contributed by atoms with van der Waals surface area (Å²) in [6, 6.07) is 0. The van der Waals surface area contributed by atoms with E-state index in [9.17, 15) is 9.59 Å². The van der Waals surface area contributed by atoms with Crippen LogP contribution in [0.1, 0.15) is 40.0 Å². The van der Waals surface area contributed by atoms with Gasteiger partial charge in [0.15, 0.2) is 6.10 Å². The summed E-state index contributed by atoms with van der Waals surface area (Å²) in [6.45, 7) is 6.98. The SMILES string of the molecule is CC(C)(C)NC(=O)CCNCC1CCC(C(=O)O)O1. The molecule has 1 heterocycles. The van der Waals surface area contributed by atoms with Gasteiger partial charge in [0.25, 0.3) is 0 Å². The van der Waals surface area contributed by atoms with Gasteiger partial charge < -0.3 is 20.5 Å². The first-order valence-electron chi connectivity index (χ1n) is 6.68. The molecule has 2 unspecified atom stereocenters. The largest absolute Gasteiger partial charge is 0.479 e. The summed E-state index contributed by atoms with van der Waals surface area (Å²) in [7, 11) is 0. The molecule has 3 N–H and O–H groups in total. The standard InChI is InChI=1S/C13H24N2O4/c1-13(2,3)15-11(16)6-7-14-8-9-4-5-10(19-9)12(17)18/h9-10,14H,4-8H2,1-3H3,(H,15,16)(H,17,18). The molecule has 0 bridgehead atoms. The van der Waals surface area contributed by atoms with Crippen molar-refractivity contribution in [2.45, 2.75) is 57.8 Å². The molecule has 0 aliphatic carbocycles. The van der Waals surface area contributed by atoms with Crippen LogP contribution in [-0.4, -0.2) is 47.8 Å². The van der Waals surface area contributed by atoms with Crippen molar-refractivity contribution in [3.05, 3.63) is 0 Å². The number of amides is 1. The molecule has 1 aliphatic rings. The Morgan fingerprint density at radius 3 is 2.53 bits per heavy atom. The summed E-state index contributed by atoms with van der Waals surface area (Å²) >= 11 is 0. The average molecular weight is 272 g/mol. The van der Waals surface area contributed by atoms with Crippen molar-refractivity contribution in [3.63, 3.8) is 0 Å². The lowest BCUT2D eigenvalue weighted by Crippen LogP contribution is -2.42. The van der Waals surface area contributed by atoms with Crippen LogP contribution in [0.4, 0.5) is 0 Å². The van der Waals surface area contributed by atoms with Crippen LogP contribution >= 0.6 is 0 Å². The number of hydrogen-bond acceptors (Lipinski definition) is 4. The van der Waals surface area contributed by atoms with Gasteiger partial charge >= 0.3 is 5.97 Å².